The molecule has 29 heavy (non-hydrogen) atoms. The Hall–Kier alpha value is -2.51. The van der Waals surface area contributed by atoms with Crippen molar-refractivity contribution >= 4 is 28.1 Å². The van der Waals surface area contributed by atoms with E-state index in [2.05, 4.69) is 29.2 Å². The molecule has 0 saturated carbocycles. The van der Waals surface area contributed by atoms with Crippen molar-refractivity contribution in [3.8, 4) is 11.5 Å². The molecule has 0 bridgehead atoms. The van der Waals surface area contributed by atoms with Gasteiger partial charge in [0.05, 0.1) is 12.3 Å². The van der Waals surface area contributed by atoms with Gasteiger partial charge in [0.25, 0.3) is 5.91 Å². The predicted octanol–water partition coefficient (Wildman–Crippen LogP) is 3.70. The van der Waals surface area contributed by atoms with Gasteiger partial charge in [-0.3, -0.25) is 4.79 Å². The molecule has 0 unspecified atom stereocenters. The van der Waals surface area contributed by atoms with E-state index >= 15 is 0 Å². The maximum Gasteiger partial charge on any atom is 0.267 e. The van der Waals surface area contributed by atoms with Crippen molar-refractivity contribution in [2.45, 2.75) is 24.9 Å². The average molecular weight is 410 g/mol. The molecular weight excluding hydrogens is 388 g/mol. The molecule has 1 aromatic carbocycles. The third-order valence-corrected chi connectivity index (χ3v) is 7.28. The largest absolute Gasteiger partial charge is 0.485 e. The summed E-state index contributed by atoms with van der Waals surface area (Å²) in [5.74, 6) is 1.33. The number of para-hydroxylation sites is 1. The van der Waals surface area contributed by atoms with Gasteiger partial charge in [0.2, 0.25) is 0 Å². The molecule has 0 aliphatic carbocycles. The second kappa shape index (κ2) is 6.50. The second-order valence-electron chi connectivity index (χ2n) is 7.86. The number of carbonyl (C=O) groups is 1. The number of aromatic amines is 1. The quantitative estimate of drug-likeness (QED) is 0.664. The molecule has 3 aliphatic rings. The maximum absolute atomic E-state index is 13.1. The molecule has 1 fully saturated rings. The summed E-state index contributed by atoms with van der Waals surface area (Å²) in [5.41, 5.74) is 3.44. The van der Waals surface area contributed by atoms with Crippen molar-refractivity contribution in [2.24, 2.45) is 0 Å². The van der Waals surface area contributed by atoms with E-state index in [0.29, 0.717) is 42.7 Å². The average Bonchev–Trinajstić information content (AvgIpc) is 3.37. The van der Waals surface area contributed by atoms with Crippen LogP contribution >= 0.6 is 11.3 Å². The van der Waals surface area contributed by atoms with Crippen molar-refractivity contribution in [2.75, 3.05) is 32.9 Å². The van der Waals surface area contributed by atoms with E-state index in [9.17, 15) is 4.79 Å². The van der Waals surface area contributed by atoms with Crippen molar-refractivity contribution < 1.29 is 19.0 Å². The number of rotatable bonds is 1. The summed E-state index contributed by atoms with van der Waals surface area (Å²) in [4.78, 5) is 19.3. The molecule has 1 amide bonds. The predicted molar refractivity (Wildman–Crippen MR) is 110 cm³/mol. The third-order valence-electron chi connectivity index (χ3n) is 6.35. The van der Waals surface area contributed by atoms with Gasteiger partial charge in [-0.1, -0.05) is 18.2 Å². The van der Waals surface area contributed by atoms with Gasteiger partial charge >= 0.3 is 0 Å². The number of amides is 1. The molecule has 3 aromatic rings. The Labute approximate surface area is 172 Å². The van der Waals surface area contributed by atoms with Crippen LogP contribution in [0.25, 0.3) is 10.9 Å². The minimum Gasteiger partial charge on any atom is -0.485 e. The van der Waals surface area contributed by atoms with Crippen molar-refractivity contribution in [3.05, 3.63) is 45.8 Å². The van der Waals surface area contributed by atoms with Crippen LogP contribution in [0.4, 0.5) is 0 Å². The fraction of sp³-hybridized carbons (Fsp3) is 0.409. The van der Waals surface area contributed by atoms with Gasteiger partial charge in [0.1, 0.15) is 23.7 Å². The van der Waals surface area contributed by atoms with Gasteiger partial charge in [-0.15, -0.1) is 11.3 Å². The van der Waals surface area contributed by atoms with E-state index in [1.165, 1.54) is 33.5 Å². The summed E-state index contributed by atoms with van der Waals surface area (Å²) in [5, 5.41) is 3.17. The van der Waals surface area contributed by atoms with Gasteiger partial charge in [-0.05, 0) is 30.9 Å². The highest BCUT2D eigenvalue weighted by Gasteiger charge is 2.44. The first-order valence-electron chi connectivity index (χ1n) is 10.2. The number of carbonyl (C=O) groups excluding carboxylic acids is 1. The summed E-state index contributed by atoms with van der Waals surface area (Å²) < 4.78 is 17.7. The van der Waals surface area contributed by atoms with E-state index in [4.69, 9.17) is 14.2 Å². The SMILES string of the molecule is O=C(c1scc2c1OCCO2)N1CCC2(CC1)OCCc1c2[nH]c2ccccc12. The van der Waals surface area contributed by atoms with Crippen LogP contribution in [0.5, 0.6) is 11.5 Å². The lowest BCUT2D eigenvalue weighted by Crippen LogP contribution is -2.48. The van der Waals surface area contributed by atoms with Gasteiger partial charge in [-0.25, -0.2) is 0 Å². The molecule has 7 heteroatoms. The normalized spacial score (nSPS) is 20.1. The van der Waals surface area contributed by atoms with Crippen LogP contribution < -0.4 is 9.47 Å². The lowest BCUT2D eigenvalue weighted by atomic mass is 9.83. The van der Waals surface area contributed by atoms with E-state index in [1.807, 2.05) is 10.3 Å². The van der Waals surface area contributed by atoms with E-state index in [0.717, 1.165) is 25.9 Å². The number of likely N-dealkylation sites (tertiary alicyclic amines) is 1. The fourth-order valence-corrected chi connectivity index (χ4v) is 5.79. The number of H-pyrrole nitrogens is 1. The molecule has 3 aliphatic heterocycles. The third kappa shape index (κ3) is 2.60. The Morgan fingerprint density at radius 1 is 1.10 bits per heavy atom. The Morgan fingerprint density at radius 3 is 2.83 bits per heavy atom. The van der Waals surface area contributed by atoms with Gasteiger partial charge in [0.15, 0.2) is 11.5 Å². The number of hydrogen-bond donors (Lipinski definition) is 1. The Balaban J connectivity index is 1.26. The van der Waals surface area contributed by atoms with Crippen molar-refractivity contribution in [3.63, 3.8) is 0 Å². The molecular formula is C22H22N2O4S. The molecule has 1 spiro atoms. The van der Waals surface area contributed by atoms with E-state index in [-0.39, 0.29) is 11.5 Å². The number of nitrogens with zero attached hydrogens (tertiary/aromatic N) is 1. The zero-order valence-corrected chi connectivity index (χ0v) is 16.8. The zero-order valence-electron chi connectivity index (χ0n) is 16.0. The van der Waals surface area contributed by atoms with Crippen LogP contribution in [-0.2, 0) is 16.8 Å². The standard InChI is InChI=1S/C22H22N2O4S/c25-21(19-18-17(13-29-19)26-11-12-27-18)24-8-6-22(7-9-24)20-15(5-10-28-22)14-3-1-2-4-16(14)23-20/h1-4,13,23H,5-12H2. The molecule has 150 valence electrons. The van der Waals surface area contributed by atoms with E-state index in [1.54, 1.807) is 0 Å². The number of thiophene rings is 1. The molecule has 0 radical (unpaired) electrons. The van der Waals surface area contributed by atoms with Gasteiger partial charge in [0, 0.05) is 29.4 Å². The maximum atomic E-state index is 13.1. The molecule has 1 saturated heterocycles. The summed E-state index contributed by atoms with van der Waals surface area (Å²) in [6.45, 7) is 3.09. The summed E-state index contributed by atoms with van der Waals surface area (Å²) >= 11 is 1.41. The lowest BCUT2D eigenvalue weighted by molar-refractivity contribution is -0.0957. The molecule has 1 N–H and O–H groups in total. The van der Waals surface area contributed by atoms with Crippen LogP contribution in [0.15, 0.2) is 29.6 Å². The van der Waals surface area contributed by atoms with Gasteiger partial charge < -0.3 is 24.1 Å². The molecule has 5 heterocycles. The highest BCUT2D eigenvalue weighted by atomic mass is 32.1. The fourth-order valence-electron chi connectivity index (χ4n) is 4.89. The number of piperidine rings is 1. The van der Waals surface area contributed by atoms with Crippen LogP contribution in [0, 0.1) is 0 Å². The second-order valence-corrected chi connectivity index (χ2v) is 8.74. The first-order chi connectivity index (χ1) is 14.3. The van der Waals surface area contributed by atoms with Crippen LogP contribution in [-0.4, -0.2) is 48.7 Å². The Morgan fingerprint density at radius 2 is 1.93 bits per heavy atom. The van der Waals surface area contributed by atoms with Crippen molar-refractivity contribution in [1.29, 1.82) is 0 Å². The van der Waals surface area contributed by atoms with E-state index < -0.39 is 0 Å². The Bertz CT molecular complexity index is 1090. The number of aromatic nitrogens is 1. The number of hydrogen-bond acceptors (Lipinski definition) is 5. The van der Waals surface area contributed by atoms with Crippen LogP contribution in [0.2, 0.25) is 0 Å². The molecule has 6 rings (SSSR count). The first kappa shape index (κ1) is 17.4. The monoisotopic (exact) mass is 410 g/mol. The minimum atomic E-state index is -0.322. The van der Waals surface area contributed by atoms with Crippen molar-refractivity contribution in [1.82, 2.24) is 9.88 Å². The van der Waals surface area contributed by atoms with Crippen LogP contribution in [0.3, 0.4) is 0 Å². The zero-order chi connectivity index (χ0) is 19.4. The minimum absolute atomic E-state index is 0.0317. The summed E-state index contributed by atoms with van der Waals surface area (Å²) in [6.07, 6.45) is 2.52. The highest BCUT2D eigenvalue weighted by Crippen LogP contribution is 2.45. The Kier molecular flexibility index (Phi) is 3.89. The smallest absolute Gasteiger partial charge is 0.267 e. The molecule has 0 atom stereocenters. The van der Waals surface area contributed by atoms with Crippen LogP contribution in [0.1, 0.15) is 33.8 Å². The number of fused-ring (bicyclic) bond motifs is 5. The number of nitrogens with one attached hydrogen (secondary N) is 1. The molecule has 2 aromatic heterocycles. The van der Waals surface area contributed by atoms with Gasteiger partial charge in [-0.2, -0.15) is 0 Å². The highest BCUT2D eigenvalue weighted by molar-refractivity contribution is 7.12. The summed E-state index contributed by atoms with van der Waals surface area (Å²) in [7, 11) is 0. The molecule has 6 nitrogen and oxygen atoms in total. The summed E-state index contributed by atoms with van der Waals surface area (Å²) in [6, 6.07) is 8.46. The topological polar surface area (TPSA) is 63.8 Å². The number of ether oxygens (including phenoxy) is 3. The first-order valence-corrected chi connectivity index (χ1v) is 11.0. The lowest BCUT2D eigenvalue weighted by Gasteiger charge is -2.43. The number of benzene rings is 1.